The van der Waals surface area contributed by atoms with Crippen LogP contribution in [0.2, 0.25) is 39.3 Å². The van der Waals surface area contributed by atoms with E-state index in [1.54, 1.807) is 13.8 Å². The van der Waals surface area contributed by atoms with Crippen molar-refractivity contribution in [2.75, 3.05) is 13.2 Å². The van der Waals surface area contributed by atoms with Crippen molar-refractivity contribution in [3.8, 4) is 0 Å². The molecule has 0 spiro atoms. The molecule has 0 amide bonds. The first-order valence-electron chi connectivity index (χ1n) is 13.5. The summed E-state index contributed by atoms with van der Waals surface area (Å²) in [5.41, 5.74) is 4.24. The van der Waals surface area contributed by atoms with Crippen LogP contribution in [0.5, 0.6) is 0 Å². The highest BCUT2D eigenvalue weighted by atomic mass is 28.5. The lowest BCUT2D eigenvalue weighted by atomic mass is 10.1. The zero-order valence-corrected chi connectivity index (χ0v) is 27.9. The van der Waals surface area contributed by atoms with Gasteiger partial charge in [0.2, 0.25) is 0 Å². The van der Waals surface area contributed by atoms with E-state index < -0.39 is 37.9 Å². The fourth-order valence-electron chi connectivity index (χ4n) is 3.94. The standard InChI is InChI=1S/C28H48O8Si3/c1-23(29)17-31-19-25-9-13-27(14-10-25)21-33-37(3,4)35-39(7,8)36-38(5,6)34-22-28-15-11-26(12-16-28)20-32-18-24(2)30/h9-16,23-24,29-30H,17-22H2,1-8H3. The monoisotopic (exact) mass is 596 g/mol. The van der Waals surface area contributed by atoms with Crippen LogP contribution in [0.25, 0.3) is 0 Å². The van der Waals surface area contributed by atoms with Crippen molar-refractivity contribution in [1.29, 1.82) is 0 Å². The minimum Gasteiger partial charge on any atom is -0.415 e. The van der Waals surface area contributed by atoms with Gasteiger partial charge >= 0.3 is 25.7 Å². The van der Waals surface area contributed by atoms with Crippen molar-refractivity contribution >= 4 is 25.7 Å². The third kappa shape index (κ3) is 14.8. The Bertz CT molecular complexity index is 886. The lowest BCUT2D eigenvalue weighted by Crippen LogP contribution is -2.54. The van der Waals surface area contributed by atoms with Crippen LogP contribution in [0, 0.1) is 0 Å². The summed E-state index contributed by atoms with van der Waals surface area (Å²) in [7, 11) is -7.43. The first-order valence-corrected chi connectivity index (χ1v) is 22.0. The summed E-state index contributed by atoms with van der Waals surface area (Å²) in [4.78, 5) is 0. The Labute approximate surface area is 237 Å². The maximum atomic E-state index is 9.31. The number of aliphatic hydroxyl groups excluding tert-OH is 2. The highest BCUT2D eigenvalue weighted by Gasteiger charge is 2.41. The van der Waals surface area contributed by atoms with Crippen molar-refractivity contribution in [2.24, 2.45) is 0 Å². The molecule has 2 N–H and O–H groups in total. The van der Waals surface area contributed by atoms with E-state index in [0.717, 1.165) is 22.3 Å². The van der Waals surface area contributed by atoms with Gasteiger partial charge in [0, 0.05) is 0 Å². The number of rotatable bonds is 18. The molecule has 2 rings (SSSR count). The van der Waals surface area contributed by atoms with E-state index in [9.17, 15) is 10.2 Å². The fourth-order valence-corrected chi connectivity index (χ4v) is 15.4. The SMILES string of the molecule is CC(O)COCc1ccc(CO[Si](C)(C)O[Si](C)(C)O[Si](C)(C)OCc2ccc(COCC(C)O)cc2)cc1. The Balaban J connectivity index is 1.80. The molecule has 2 unspecified atom stereocenters. The highest BCUT2D eigenvalue weighted by molar-refractivity contribution is 6.84. The molecule has 0 heterocycles. The van der Waals surface area contributed by atoms with E-state index in [0.29, 0.717) is 39.6 Å². The third-order valence-electron chi connectivity index (χ3n) is 5.46. The summed E-state index contributed by atoms with van der Waals surface area (Å²) >= 11 is 0. The van der Waals surface area contributed by atoms with Gasteiger partial charge in [0.1, 0.15) is 0 Å². The first kappa shape index (κ1) is 34.0. The summed E-state index contributed by atoms with van der Waals surface area (Å²) in [6.45, 7) is 18.2. The lowest BCUT2D eigenvalue weighted by molar-refractivity contribution is 0.0375. The van der Waals surface area contributed by atoms with Gasteiger partial charge < -0.3 is 36.8 Å². The molecule has 0 aliphatic rings. The van der Waals surface area contributed by atoms with Crippen LogP contribution in [0.3, 0.4) is 0 Å². The number of aliphatic hydroxyl groups is 2. The summed E-state index contributed by atoms with van der Waals surface area (Å²) in [5, 5.41) is 18.6. The number of benzene rings is 2. The fraction of sp³-hybridized carbons (Fsp3) is 0.571. The summed E-state index contributed by atoms with van der Waals surface area (Å²) in [6.07, 6.45) is -0.931. The maximum absolute atomic E-state index is 9.31. The molecule has 0 radical (unpaired) electrons. The van der Waals surface area contributed by atoms with Crippen molar-refractivity contribution in [2.45, 2.75) is 91.8 Å². The summed E-state index contributed by atoms with van der Waals surface area (Å²) in [6, 6.07) is 16.2. The summed E-state index contributed by atoms with van der Waals surface area (Å²) in [5.74, 6) is 0. The minimum atomic E-state index is -2.52. The zero-order valence-electron chi connectivity index (χ0n) is 24.9. The van der Waals surface area contributed by atoms with Crippen LogP contribution in [0.15, 0.2) is 48.5 Å². The Hall–Kier alpha value is -1.23. The van der Waals surface area contributed by atoms with Crippen molar-refractivity contribution in [3.05, 3.63) is 70.8 Å². The van der Waals surface area contributed by atoms with Gasteiger partial charge in [-0.2, -0.15) is 0 Å². The molecule has 0 saturated carbocycles. The number of hydrogen-bond donors (Lipinski definition) is 2. The lowest BCUT2D eigenvalue weighted by Gasteiger charge is -2.37. The molecular formula is C28H48O8Si3. The van der Waals surface area contributed by atoms with Crippen molar-refractivity contribution in [1.82, 2.24) is 0 Å². The van der Waals surface area contributed by atoms with Gasteiger partial charge in [-0.1, -0.05) is 48.5 Å². The molecule has 2 aromatic rings. The molecule has 0 saturated heterocycles. The van der Waals surface area contributed by atoms with Crippen LogP contribution >= 0.6 is 0 Å². The van der Waals surface area contributed by atoms with E-state index in [1.165, 1.54) is 0 Å². The number of hydrogen-bond acceptors (Lipinski definition) is 8. The first-order chi connectivity index (χ1) is 18.1. The molecule has 8 nitrogen and oxygen atoms in total. The Morgan fingerprint density at radius 1 is 0.513 bits per heavy atom. The second-order valence-corrected chi connectivity index (χ2v) is 22.0. The molecule has 0 aliphatic carbocycles. The molecule has 0 aromatic heterocycles. The van der Waals surface area contributed by atoms with E-state index in [2.05, 4.69) is 0 Å². The van der Waals surface area contributed by atoms with Crippen LogP contribution in [0.1, 0.15) is 36.1 Å². The second-order valence-electron chi connectivity index (χ2n) is 11.3. The van der Waals surface area contributed by atoms with Gasteiger partial charge in [0.05, 0.1) is 51.8 Å². The Kier molecular flexibility index (Phi) is 13.7. The molecule has 2 atom stereocenters. The van der Waals surface area contributed by atoms with E-state index >= 15 is 0 Å². The van der Waals surface area contributed by atoms with E-state index in [-0.39, 0.29) is 0 Å². The Morgan fingerprint density at radius 2 is 0.795 bits per heavy atom. The molecule has 39 heavy (non-hydrogen) atoms. The van der Waals surface area contributed by atoms with Gasteiger partial charge in [-0.05, 0) is 75.4 Å². The van der Waals surface area contributed by atoms with Gasteiger partial charge in [-0.3, -0.25) is 0 Å². The molecule has 2 aromatic carbocycles. The molecule has 11 heteroatoms. The van der Waals surface area contributed by atoms with E-state index in [4.69, 9.17) is 26.6 Å². The maximum Gasteiger partial charge on any atom is 0.323 e. The number of ether oxygens (including phenoxy) is 2. The van der Waals surface area contributed by atoms with Gasteiger partial charge in [0.25, 0.3) is 0 Å². The highest BCUT2D eigenvalue weighted by Crippen LogP contribution is 2.24. The van der Waals surface area contributed by atoms with Gasteiger partial charge in [0.15, 0.2) is 0 Å². The van der Waals surface area contributed by atoms with E-state index in [1.807, 2.05) is 87.8 Å². The third-order valence-corrected chi connectivity index (χ3v) is 15.0. The van der Waals surface area contributed by atoms with Crippen LogP contribution in [-0.4, -0.2) is 61.3 Å². The van der Waals surface area contributed by atoms with Crippen molar-refractivity contribution in [3.63, 3.8) is 0 Å². The smallest absolute Gasteiger partial charge is 0.323 e. The van der Waals surface area contributed by atoms with Crippen LogP contribution in [-0.2, 0) is 53.0 Å². The molecule has 0 aliphatic heterocycles. The van der Waals surface area contributed by atoms with Gasteiger partial charge in [-0.25, -0.2) is 0 Å². The molecule has 220 valence electrons. The van der Waals surface area contributed by atoms with Crippen molar-refractivity contribution < 1.29 is 36.8 Å². The van der Waals surface area contributed by atoms with Crippen LogP contribution < -0.4 is 0 Å². The predicted octanol–water partition coefficient (Wildman–Crippen LogP) is 5.35. The predicted molar refractivity (Wildman–Crippen MR) is 160 cm³/mol. The second kappa shape index (κ2) is 15.7. The van der Waals surface area contributed by atoms with Crippen LogP contribution in [0.4, 0.5) is 0 Å². The zero-order chi connectivity index (χ0) is 29.1. The minimum absolute atomic E-state index is 0.323. The largest absolute Gasteiger partial charge is 0.415 e. The van der Waals surface area contributed by atoms with Gasteiger partial charge in [-0.15, -0.1) is 0 Å². The topological polar surface area (TPSA) is 95.8 Å². The summed E-state index contributed by atoms with van der Waals surface area (Å²) < 4.78 is 36.5. The Morgan fingerprint density at radius 3 is 1.08 bits per heavy atom. The normalized spacial score (nSPS) is 14.4. The molecule has 0 fully saturated rings. The molecule has 0 bridgehead atoms. The molecular weight excluding hydrogens is 549 g/mol. The average molecular weight is 597 g/mol. The quantitative estimate of drug-likeness (QED) is 0.222. The average Bonchev–Trinajstić information content (AvgIpc) is 2.81.